The number of Topliss-reactive ketones (excluding diaryl/α,β-unsaturated/α-hetero) is 1. The van der Waals surface area contributed by atoms with Crippen LogP contribution >= 0.6 is 0 Å². The van der Waals surface area contributed by atoms with Crippen LogP contribution in [0.2, 0.25) is 0 Å². The number of hydrogen-bond acceptors (Lipinski definition) is 6. The van der Waals surface area contributed by atoms with Crippen LogP contribution in [0.1, 0.15) is 35.8 Å². The number of aromatic nitrogens is 1. The highest BCUT2D eigenvalue weighted by molar-refractivity contribution is 6.03. The Kier molecular flexibility index (Phi) is 8.27. The number of nitrogens with zero attached hydrogens (tertiary/aromatic N) is 2. The van der Waals surface area contributed by atoms with Crippen LogP contribution in [-0.4, -0.2) is 55.8 Å². The van der Waals surface area contributed by atoms with Crippen molar-refractivity contribution in [2.75, 3.05) is 0 Å². The van der Waals surface area contributed by atoms with Crippen molar-refractivity contribution < 1.29 is 29.4 Å². The van der Waals surface area contributed by atoms with Crippen LogP contribution < -0.4 is 5.73 Å². The predicted molar refractivity (Wildman–Crippen MR) is 128 cm³/mol. The summed E-state index contributed by atoms with van der Waals surface area (Å²) in [7, 11) is 0. The second-order valence-corrected chi connectivity index (χ2v) is 8.20. The molecule has 0 aliphatic rings. The van der Waals surface area contributed by atoms with E-state index in [0.717, 1.165) is 10.3 Å². The zero-order valence-corrected chi connectivity index (χ0v) is 19.2. The third-order valence-corrected chi connectivity index (χ3v) is 5.83. The number of rotatable bonds is 11. The van der Waals surface area contributed by atoms with Gasteiger partial charge in [0, 0.05) is 11.9 Å². The van der Waals surface area contributed by atoms with E-state index in [9.17, 15) is 29.4 Å². The Balaban J connectivity index is 1.96. The first-order chi connectivity index (χ1) is 16.7. The molecule has 0 saturated heterocycles. The van der Waals surface area contributed by atoms with Crippen LogP contribution in [-0.2, 0) is 20.9 Å². The first kappa shape index (κ1) is 25.5. The van der Waals surface area contributed by atoms with Gasteiger partial charge in [-0.2, -0.15) is 0 Å². The second kappa shape index (κ2) is 11.3. The molecule has 35 heavy (non-hydrogen) atoms. The average molecular weight is 478 g/mol. The largest absolute Gasteiger partial charge is 0.481 e. The number of hydrogen-bond donors (Lipinski definition) is 3. The lowest BCUT2D eigenvalue weighted by Gasteiger charge is -2.32. The van der Waals surface area contributed by atoms with Crippen molar-refractivity contribution in [1.82, 2.24) is 9.88 Å². The lowest BCUT2D eigenvalue weighted by atomic mass is 9.88. The second-order valence-electron chi connectivity index (χ2n) is 8.20. The molecule has 0 saturated carbocycles. The van der Waals surface area contributed by atoms with E-state index >= 15 is 0 Å². The van der Waals surface area contributed by atoms with Gasteiger partial charge in [0.25, 0.3) is 0 Å². The van der Waals surface area contributed by atoms with Crippen LogP contribution in [0.3, 0.4) is 0 Å². The SMILES string of the molecule is CC[C@H](C(=O)O)N(Cc1ccccc1)C(=O)C(N)C(CC(=O)O)C(=O)c1ccc2ccccc2n1. The van der Waals surface area contributed by atoms with Gasteiger partial charge in [-0.15, -0.1) is 0 Å². The molecule has 0 spiro atoms. The smallest absolute Gasteiger partial charge is 0.326 e. The molecule has 3 atom stereocenters. The lowest BCUT2D eigenvalue weighted by Crippen LogP contribution is -2.54. The average Bonchev–Trinajstić information content (AvgIpc) is 2.86. The minimum atomic E-state index is -1.58. The molecule has 2 unspecified atom stereocenters. The minimum Gasteiger partial charge on any atom is -0.481 e. The van der Waals surface area contributed by atoms with Gasteiger partial charge >= 0.3 is 11.9 Å². The van der Waals surface area contributed by atoms with Gasteiger partial charge in [0.1, 0.15) is 11.7 Å². The van der Waals surface area contributed by atoms with Gasteiger partial charge in [-0.3, -0.25) is 14.4 Å². The van der Waals surface area contributed by atoms with E-state index in [2.05, 4.69) is 4.98 Å². The van der Waals surface area contributed by atoms with Crippen molar-refractivity contribution in [3.63, 3.8) is 0 Å². The number of carboxylic acid groups (broad SMARTS) is 2. The number of ketones is 1. The number of amides is 1. The van der Waals surface area contributed by atoms with Crippen molar-refractivity contribution >= 4 is 34.5 Å². The Bertz CT molecular complexity index is 1230. The molecule has 3 rings (SSSR count). The van der Waals surface area contributed by atoms with Crippen molar-refractivity contribution in [2.45, 2.75) is 38.4 Å². The molecule has 0 bridgehead atoms. The lowest BCUT2D eigenvalue weighted by molar-refractivity contribution is -0.152. The summed E-state index contributed by atoms with van der Waals surface area (Å²) in [4.78, 5) is 55.8. The first-order valence-corrected chi connectivity index (χ1v) is 11.2. The molecule has 0 fully saturated rings. The maximum atomic E-state index is 13.5. The molecular formula is C26H27N3O6. The molecule has 0 aliphatic heterocycles. The van der Waals surface area contributed by atoms with Crippen LogP contribution in [0, 0.1) is 5.92 Å². The molecule has 9 nitrogen and oxygen atoms in total. The number of carbonyl (C=O) groups excluding carboxylic acids is 2. The summed E-state index contributed by atoms with van der Waals surface area (Å²) in [6.45, 7) is 1.56. The molecule has 1 heterocycles. The molecule has 2 aromatic carbocycles. The Morgan fingerprint density at radius 2 is 1.60 bits per heavy atom. The molecule has 1 aromatic heterocycles. The number of aliphatic carboxylic acids is 2. The Hall–Kier alpha value is -4.11. The van der Waals surface area contributed by atoms with Crippen molar-refractivity contribution in [3.05, 3.63) is 78.0 Å². The fourth-order valence-corrected chi connectivity index (χ4v) is 3.98. The van der Waals surface area contributed by atoms with E-state index < -0.39 is 48.1 Å². The predicted octanol–water partition coefficient (Wildman–Crippen LogP) is 2.73. The molecular weight excluding hydrogens is 450 g/mol. The standard InChI is InChI=1S/C26H27N3O6/c1-2-21(26(34)35)29(15-16-8-4-3-5-9-16)25(33)23(27)18(14-22(30)31)24(32)20-13-12-17-10-6-7-11-19(17)28-20/h3-13,18,21,23H,2,14-15,27H2,1H3,(H,30,31)(H,34,35)/t18?,21-,23?/m1/s1. The van der Waals surface area contributed by atoms with E-state index in [-0.39, 0.29) is 18.7 Å². The summed E-state index contributed by atoms with van der Waals surface area (Å²) in [5.74, 6) is -5.47. The van der Waals surface area contributed by atoms with Crippen LogP contribution in [0.5, 0.6) is 0 Å². The number of pyridine rings is 1. The zero-order chi connectivity index (χ0) is 25.5. The van der Waals surface area contributed by atoms with Crippen molar-refractivity contribution in [3.8, 4) is 0 Å². The molecule has 0 radical (unpaired) electrons. The summed E-state index contributed by atoms with van der Waals surface area (Å²) >= 11 is 0. The van der Waals surface area contributed by atoms with Crippen LogP contribution in [0.15, 0.2) is 66.7 Å². The first-order valence-electron chi connectivity index (χ1n) is 11.2. The molecule has 9 heteroatoms. The Morgan fingerprint density at radius 1 is 0.943 bits per heavy atom. The molecule has 182 valence electrons. The van der Waals surface area contributed by atoms with Gasteiger partial charge in [-0.25, -0.2) is 9.78 Å². The molecule has 1 amide bonds. The van der Waals surface area contributed by atoms with E-state index in [1.165, 1.54) is 6.07 Å². The molecule has 4 N–H and O–H groups in total. The Morgan fingerprint density at radius 3 is 2.23 bits per heavy atom. The fourth-order valence-electron chi connectivity index (χ4n) is 3.98. The summed E-state index contributed by atoms with van der Waals surface area (Å²) in [5, 5.41) is 20.0. The zero-order valence-electron chi connectivity index (χ0n) is 19.2. The summed E-state index contributed by atoms with van der Waals surface area (Å²) in [6.07, 6.45) is -0.603. The summed E-state index contributed by atoms with van der Waals surface area (Å²) in [6, 6.07) is 16.2. The maximum Gasteiger partial charge on any atom is 0.326 e. The van der Waals surface area contributed by atoms with Gasteiger partial charge in [-0.05, 0) is 24.1 Å². The van der Waals surface area contributed by atoms with Gasteiger partial charge in [0.15, 0.2) is 5.78 Å². The topological polar surface area (TPSA) is 151 Å². The van der Waals surface area contributed by atoms with Crippen LogP contribution in [0.4, 0.5) is 0 Å². The molecule has 3 aromatic rings. The highest BCUT2D eigenvalue weighted by Crippen LogP contribution is 2.22. The van der Waals surface area contributed by atoms with E-state index in [1.807, 2.05) is 12.1 Å². The van der Waals surface area contributed by atoms with Gasteiger partial charge in [-0.1, -0.05) is 61.5 Å². The Labute approximate surface area is 202 Å². The van der Waals surface area contributed by atoms with Gasteiger partial charge in [0.05, 0.1) is 23.9 Å². The highest BCUT2D eigenvalue weighted by Gasteiger charge is 2.39. The normalized spacial score (nSPS) is 13.5. The van der Waals surface area contributed by atoms with E-state index in [4.69, 9.17) is 5.73 Å². The van der Waals surface area contributed by atoms with Crippen molar-refractivity contribution in [2.24, 2.45) is 11.7 Å². The van der Waals surface area contributed by atoms with Crippen LogP contribution in [0.25, 0.3) is 10.9 Å². The summed E-state index contributed by atoms with van der Waals surface area (Å²) < 4.78 is 0. The highest BCUT2D eigenvalue weighted by atomic mass is 16.4. The number of benzene rings is 2. The number of para-hydroxylation sites is 1. The quantitative estimate of drug-likeness (QED) is 0.357. The number of carboxylic acids is 2. The number of carbonyl (C=O) groups is 4. The minimum absolute atomic E-state index is 0.0157. The third kappa shape index (κ3) is 6.07. The van der Waals surface area contributed by atoms with Crippen molar-refractivity contribution in [1.29, 1.82) is 0 Å². The monoisotopic (exact) mass is 477 g/mol. The fraction of sp³-hybridized carbons (Fsp3) is 0.269. The third-order valence-electron chi connectivity index (χ3n) is 5.83. The van der Waals surface area contributed by atoms with Gasteiger partial charge < -0.3 is 20.8 Å². The van der Waals surface area contributed by atoms with E-state index in [1.54, 1.807) is 55.5 Å². The number of fused-ring (bicyclic) bond motifs is 1. The maximum absolute atomic E-state index is 13.5. The summed E-state index contributed by atoms with van der Waals surface area (Å²) in [5.41, 5.74) is 7.40. The van der Waals surface area contributed by atoms with E-state index in [0.29, 0.717) is 11.1 Å². The van der Waals surface area contributed by atoms with Gasteiger partial charge in [0.2, 0.25) is 5.91 Å². The molecule has 0 aliphatic carbocycles. The number of nitrogens with two attached hydrogens (primary N) is 1.